The number of hydrogen-bond acceptors (Lipinski definition) is 4. The van der Waals surface area contributed by atoms with Gasteiger partial charge in [0.25, 0.3) is 0 Å². The Kier molecular flexibility index (Phi) is 6.73. The van der Waals surface area contributed by atoms with Crippen molar-refractivity contribution in [1.29, 1.82) is 0 Å². The van der Waals surface area contributed by atoms with Crippen molar-refractivity contribution >= 4 is 17.5 Å². The highest BCUT2D eigenvalue weighted by molar-refractivity contribution is 5.92. The molecule has 0 aliphatic heterocycles. The smallest absolute Gasteiger partial charge is 0.227 e. The maximum atomic E-state index is 12.7. The highest BCUT2D eigenvalue weighted by Gasteiger charge is 2.29. The van der Waals surface area contributed by atoms with Gasteiger partial charge in [-0.15, -0.1) is 0 Å². The standard InChI is InChI=1S/C25H33N3O3/c1-16(2)22-15-26-25(31-22)19-9-13-21(14-10-19)28-24(30)18-7-11-20(12-8-18)27-23(29)17-5-3-4-6-17/h9-10,13-18,20H,3-8,11-12H2,1-2H3,(H,27,29)(H,28,30). The quantitative estimate of drug-likeness (QED) is 0.663. The highest BCUT2D eigenvalue weighted by Crippen LogP contribution is 2.29. The number of carbonyl (C=O) groups excluding carboxylic acids is 2. The molecule has 0 radical (unpaired) electrons. The minimum Gasteiger partial charge on any atom is -0.441 e. The second-order valence-electron chi connectivity index (χ2n) is 9.33. The fourth-order valence-corrected chi connectivity index (χ4v) is 4.63. The minimum absolute atomic E-state index is 0.000324. The SMILES string of the molecule is CC(C)c1cnc(-c2ccc(NC(=O)C3CCC(NC(=O)C4CCCC4)CC3)cc2)o1. The zero-order valence-electron chi connectivity index (χ0n) is 18.5. The predicted octanol–water partition coefficient (Wildman–Crippen LogP) is 5.27. The molecule has 6 nitrogen and oxygen atoms in total. The summed E-state index contributed by atoms with van der Waals surface area (Å²) in [5.41, 5.74) is 1.67. The van der Waals surface area contributed by atoms with Gasteiger partial charge in [0.15, 0.2) is 0 Å². The molecule has 0 unspecified atom stereocenters. The summed E-state index contributed by atoms with van der Waals surface area (Å²) in [5, 5.41) is 6.25. The van der Waals surface area contributed by atoms with Gasteiger partial charge in [0.2, 0.25) is 17.7 Å². The minimum atomic E-state index is -0.000324. The number of aromatic nitrogens is 1. The molecule has 2 saturated carbocycles. The van der Waals surface area contributed by atoms with Crippen LogP contribution in [-0.2, 0) is 9.59 Å². The summed E-state index contributed by atoms with van der Waals surface area (Å²) in [4.78, 5) is 29.4. The number of carbonyl (C=O) groups is 2. The molecule has 2 N–H and O–H groups in total. The third-order valence-corrected chi connectivity index (χ3v) is 6.66. The Labute approximate surface area is 184 Å². The lowest BCUT2D eigenvalue weighted by Crippen LogP contribution is -2.41. The van der Waals surface area contributed by atoms with Gasteiger partial charge < -0.3 is 15.1 Å². The van der Waals surface area contributed by atoms with Gasteiger partial charge in [0.05, 0.1) is 6.20 Å². The van der Waals surface area contributed by atoms with Gasteiger partial charge in [-0.25, -0.2) is 4.98 Å². The molecule has 31 heavy (non-hydrogen) atoms. The van der Waals surface area contributed by atoms with E-state index >= 15 is 0 Å². The van der Waals surface area contributed by atoms with Crippen LogP contribution in [0.3, 0.4) is 0 Å². The summed E-state index contributed by atoms with van der Waals surface area (Å²) in [5.74, 6) is 2.24. The van der Waals surface area contributed by atoms with Gasteiger partial charge in [-0.2, -0.15) is 0 Å². The average Bonchev–Trinajstić information content (AvgIpc) is 3.47. The maximum absolute atomic E-state index is 12.7. The van der Waals surface area contributed by atoms with E-state index in [1.54, 1.807) is 6.20 Å². The zero-order valence-corrected chi connectivity index (χ0v) is 18.5. The van der Waals surface area contributed by atoms with E-state index in [-0.39, 0.29) is 29.7 Å². The third kappa shape index (κ3) is 5.35. The molecule has 1 heterocycles. The third-order valence-electron chi connectivity index (χ3n) is 6.66. The second kappa shape index (κ2) is 9.67. The van der Waals surface area contributed by atoms with Crippen molar-refractivity contribution in [2.24, 2.45) is 11.8 Å². The maximum Gasteiger partial charge on any atom is 0.227 e. The van der Waals surface area contributed by atoms with Crippen molar-refractivity contribution in [2.75, 3.05) is 5.32 Å². The molecule has 0 bridgehead atoms. The molecule has 4 rings (SSSR count). The van der Waals surface area contributed by atoms with Crippen LogP contribution in [0, 0.1) is 11.8 Å². The molecule has 1 aromatic heterocycles. The molecule has 166 valence electrons. The lowest BCUT2D eigenvalue weighted by molar-refractivity contribution is -0.125. The summed E-state index contributed by atoms with van der Waals surface area (Å²) in [6, 6.07) is 7.83. The summed E-state index contributed by atoms with van der Waals surface area (Å²) < 4.78 is 5.79. The Morgan fingerprint density at radius 1 is 0.935 bits per heavy atom. The van der Waals surface area contributed by atoms with Crippen molar-refractivity contribution in [3.8, 4) is 11.5 Å². The van der Waals surface area contributed by atoms with Gasteiger partial charge in [-0.3, -0.25) is 9.59 Å². The largest absolute Gasteiger partial charge is 0.441 e. The second-order valence-corrected chi connectivity index (χ2v) is 9.33. The normalized spacial score (nSPS) is 21.9. The van der Waals surface area contributed by atoms with Gasteiger partial charge >= 0.3 is 0 Å². The van der Waals surface area contributed by atoms with Crippen LogP contribution in [0.5, 0.6) is 0 Å². The van der Waals surface area contributed by atoms with Crippen LogP contribution in [0.15, 0.2) is 34.9 Å². The number of nitrogens with one attached hydrogen (secondary N) is 2. The van der Waals surface area contributed by atoms with Gasteiger partial charge in [0, 0.05) is 35.0 Å². The molecule has 0 saturated heterocycles. The van der Waals surface area contributed by atoms with Crippen LogP contribution in [0.25, 0.3) is 11.5 Å². The van der Waals surface area contributed by atoms with Crippen molar-refractivity contribution in [3.63, 3.8) is 0 Å². The molecule has 2 amide bonds. The first-order valence-corrected chi connectivity index (χ1v) is 11.7. The summed E-state index contributed by atoms with van der Waals surface area (Å²) in [6.07, 6.45) is 9.53. The number of oxazole rings is 1. The molecule has 0 spiro atoms. The Bertz CT molecular complexity index is 889. The molecular weight excluding hydrogens is 390 g/mol. The van der Waals surface area contributed by atoms with E-state index in [9.17, 15) is 9.59 Å². The molecular formula is C25H33N3O3. The van der Waals surface area contributed by atoms with Gasteiger partial charge in [0.1, 0.15) is 5.76 Å². The van der Waals surface area contributed by atoms with Gasteiger partial charge in [-0.05, 0) is 62.8 Å². The monoisotopic (exact) mass is 423 g/mol. The predicted molar refractivity (Wildman–Crippen MR) is 121 cm³/mol. The summed E-state index contributed by atoms with van der Waals surface area (Å²) in [6.45, 7) is 4.14. The molecule has 2 aliphatic carbocycles. The fraction of sp³-hybridized carbons (Fsp3) is 0.560. The van der Waals surface area contributed by atoms with Crippen LogP contribution in [0.1, 0.15) is 76.9 Å². The van der Waals surface area contributed by atoms with Crippen LogP contribution in [0.2, 0.25) is 0 Å². The van der Waals surface area contributed by atoms with E-state index in [4.69, 9.17) is 4.42 Å². The van der Waals surface area contributed by atoms with Crippen LogP contribution >= 0.6 is 0 Å². The van der Waals surface area contributed by atoms with Crippen LogP contribution in [-0.4, -0.2) is 22.8 Å². The fourth-order valence-electron chi connectivity index (χ4n) is 4.63. The average molecular weight is 424 g/mol. The van der Waals surface area contributed by atoms with Crippen LogP contribution < -0.4 is 10.6 Å². The van der Waals surface area contributed by atoms with Crippen molar-refractivity contribution in [3.05, 3.63) is 36.2 Å². The van der Waals surface area contributed by atoms with E-state index in [1.165, 1.54) is 12.8 Å². The highest BCUT2D eigenvalue weighted by atomic mass is 16.4. The number of nitrogens with zero attached hydrogens (tertiary/aromatic N) is 1. The van der Waals surface area contributed by atoms with E-state index in [1.807, 2.05) is 24.3 Å². The van der Waals surface area contributed by atoms with Crippen LogP contribution in [0.4, 0.5) is 5.69 Å². The van der Waals surface area contributed by atoms with Crippen molar-refractivity contribution in [2.45, 2.75) is 77.2 Å². The number of benzene rings is 1. The lowest BCUT2D eigenvalue weighted by atomic mass is 9.85. The Morgan fingerprint density at radius 2 is 1.58 bits per heavy atom. The first kappa shape index (κ1) is 21.6. The molecule has 2 aliphatic rings. The number of amides is 2. The first-order valence-electron chi connectivity index (χ1n) is 11.7. The molecule has 0 atom stereocenters. The molecule has 1 aromatic carbocycles. The van der Waals surface area contributed by atoms with Crippen molar-refractivity contribution < 1.29 is 14.0 Å². The molecule has 2 aromatic rings. The number of hydrogen-bond donors (Lipinski definition) is 2. The van der Waals surface area contributed by atoms with E-state index in [0.717, 1.165) is 55.5 Å². The van der Waals surface area contributed by atoms with Crippen molar-refractivity contribution in [1.82, 2.24) is 10.3 Å². The summed E-state index contributed by atoms with van der Waals surface area (Å²) in [7, 11) is 0. The van der Waals surface area contributed by atoms with E-state index in [2.05, 4.69) is 29.5 Å². The first-order chi connectivity index (χ1) is 15.0. The van der Waals surface area contributed by atoms with Gasteiger partial charge in [-0.1, -0.05) is 26.7 Å². The Hall–Kier alpha value is -2.63. The number of anilines is 1. The lowest BCUT2D eigenvalue weighted by Gasteiger charge is -2.29. The number of rotatable bonds is 6. The Balaban J connectivity index is 1.25. The van der Waals surface area contributed by atoms with E-state index < -0.39 is 0 Å². The topological polar surface area (TPSA) is 84.2 Å². The molecule has 2 fully saturated rings. The Morgan fingerprint density at radius 3 is 2.19 bits per heavy atom. The molecule has 6 heteroatoms. The van der Waals surface area contributed by atoms with E-state index in [0.29, 0.717) is 11.8 Å². The zero-order chi connectivity index (χ0) is 21.8. The summed E-state index contributed by atoms with van der Waals surface area (Å²) >= 11 is 0.